The van der Waals surface area contributed by atoms with Gasteiger partial charge in [-0.1, -0.05) is 0 Å². The Morgan fingerprint density at radius 3 is 2.84 bits per heavy atom. The average molecular weight is 346 g/mol. The average Bonchev–Trinajstić information content (AvgIpc) is 2.87. The first kappa shape index (κ1) is 17.0. The summed E-state index contributed by atoms with van der Waals surface area (Å²) in [4.78, 5) is 14.2. The monoisotopic (exact) mass is 346 g/mol. The van der Waals surface area contributed by atoms with Crippen molar-refractivity contribution >= 4 is 11.8 Å². The molecular formula is C18H30N6O. The van der Waals surface area contributed by atoms with Crippen molar-refractivity contribution in [2.45, 2.75) is 25.7 Å². The van der Waals surface area contributed by atoms with E-state index in [1.807, 2.05) is 0 Å². The Morgan fingerprint density at radius 2 is 1.96 bits per heavy atom. The van der Waals surface area contributed by atoms with Gasteiger partial charge in [0.1, 0.15) is 5.82 Å². The standard InChI is InChI=1S/C18H30N6O/c19-18-21-16-4-6-20-5-3-15(16)17(22-18)24-7-1-2-14(13-24)12-23-8-10-25-11-9-23/h14,20H,1-13H2,(H2,19,21,22)/t14-/m1/s1. The van der Waals surface area contributed by atoms with E-state index in [4.69, 9.17) is 10.5 Å². The summed E-state index contributed by atoms with van der Waals surface area (Å²) in [7, 11) is 0. The first-order valence-electron chi connectivity index (χ1n) is 9.70. The molecule has 0 bridgehead atoms. The highest BCUT2D eigenvalue weighted by atomic mass is 16.5. The maximum atomic E-state index is 6.03. The quantitative estimate of drug-likeness (QED) is 0.815. The molecule has 0 aromatic carbocycles. The lowest BCUT2D eigenvalue weighted by molar-refractivity contribution is 0.0296. The molecule has 0 amide bonds. The number of nitrogens with one attached hydrogen (secondary N) is 1. The molecule has 2 fully saturated rings. The lowest BCUT2D eigenvalue weighted by Crippen LogP contribution is -2.45. The molecule has 7 heteroatoms. The summed E-state index contributed by atoms with van der Waals surface area (Å²) in [5.41, 5.74) is 8.49. The number of morpholine rings is 1. The zero-order valence-corrected chi connectivity index (χ0v) is 15.0. The Morgan fingerprint density at radius 1 is 1.12 bits per heavy atom. The van der Waals surface area contributed by atoms with Crippen LogP contribution in [-0.4, -0.2) is 73.9 Å². The lowest BCUT2D eigenvalue weighted by atomic mass is 9.96. The Kier molecular flexibility index (Phi) is 5.33. The molecule has 4 rings (SSSR count). The predicted molar refractivity (Wildman–Crippen MR) is 98.9 cm³/mol. The third-order valence-electron chi connectivity index (χ3n) is 5.62. The fourth-order valence-corrected chi connectivity index (χ4v) is 4.36. The van der Waals surface area contributed by atoms with Gasteiger partial charge in [-0.2, -0.15) is 4.98 Å². The SMILES string of the molecule is Nc1nc2c(c(N3CCC[C@H](CN4CCOCC4)C3)n1)CCNCC2. The summed E-state index contributed by atoms with van der Waals surface area (Å²) in [6.45, 7) is 9.18. The number of piperidine rings is 1. The second kappa shape index (κ2) is 7.85. The summed E-state index contributed by atoms with van der Waals surface area (Å²) < 4.78 is 5.48. The van der Waals surface area contributed by atoms with Crippen LogP contribution in [0.5, 0.6) is 0 Å². The predicted octanol–water partition coefficient (Wildman–Crippen LogP) is 0.296. The molecule has 3 aliphatic rings. The van der Waals surface area contributed by atoms with Crippen molar-refractivity contribution in [2.24, 2.45) is 5.92 Å². The van der Waals surface area contributed by atoms with Crippen LogP contribution in [0.4, 0.5) is 11.8 Å². The van der Waals surface area contributed by atoms with E-state index in [0.29, 0.717) is 11.9 Å². The van der Waals surface area contributed by atoms with Crippen LogP contribution < -0.4 is 16.0 Å². The smallest absolute Gasteiger partial charge is 0.222 e. The largest absolute Gasteiger partial charge is 0.379 e. The second-order valence-corrected chi connectivity index (χ2v) is 7.45. The molecule has 25 heavy (non-hydrogen) atoms. The number of nitrogens with two attached hydrogens (primary N) is 1. The van der Waals surface area contributed by atoms with Gasteiger partial charge in [0.15, 0.2) is 0 Å². The van der Waals surface area contributed by atoms with Crippen LogP contribution in [0.15, 0.2) is 0 Å². The fourth-order valence-electron chi connectivity index (χ4n) is 4.36. The molecule has 0 aliphatic carbocycles. The number of fused-ring (bicyclic) bond motifs is 1. The van der Waals surface area contributed by atoms with Gasteiger partial charge in [0.2, 0.25) is 5.95 Å². The molecule has 0 saturated carbocycles. The highest BCUT2D eigenvalue weighted by molar-refractivity contribution is 5.53. The molecule has 2 saturated heterocycles. The van der Waals surface area contributed by atoms with Crippen molar-refractivity contribution in [3.05, 3.63) is 11.3 Å². The fraction of sp³-hybridized carbons (Fsp3) is 0.778. The van der Waals surface area contributed by atoms with Crippen LogP contribution in [0, 0.1) is 5.92 Å². The summed E-state index contributed by atoms with van der Waals surface area (Å²) in [5.74, 6) is 2.21. The van der Waals surface area contributed by atoms with E-state index in [2.05, 4.69) is 25.1 Å². The van der Waals surface area contributed by atoms with Gasteiger partial charge in [-0.25, -0.2) is 4.98 Å². The van der Waals surface area contributed by atoms with E-state index >= 15 is 0 Å². The minimum Gasteiger partial charge on any atom is -0.379 e. The molecule has 1 aromatic heterocycles. The minimum absolute atomic E-state index is 0.422. The molecule has 0 radical (unpaired) electrons. The molecular weight excluding hydrogens is 316 g/mol. The van der Waals surface area contributed by atoms with Gasteiger partial charge < -0.3 is 20.7 Å². The summed E-state index contributed by atoms with van der Waals surface area (Å²) in [6, 6.07) is 0. The summed E-state index contributed by atoms with van der Waals surface area (Å²) in [6.07, 6.45) is 4.47. The molecule has 1 atom stereocenters. The first-order valence-corrected chi connectivity index (χ1v) is 9.70. The van der Waals surface area contributed by atoms with Crippen LogP contribution in [0.2, 0.25) is 0 Å². The molecule has 0 spiro atoms. The van der Waals surface area contributed by atoms with Gasteiger partial charge in [-0.05, 0) is 31.7 Å². The Bertz CT molecular complexity index is 589. The van der Waals surface area contributed by atoms with Gasteiger partial charge in [-0.15, -0.1) is 0 Å². The Labute approximate surface area is 149 Å². The number of ether oxygens (including phenoxy) is 1. The molecule has 3 aliphatic heterocycles. The van der Waals surface area contributed by atoms with E-state index in [9.17, 15) is 0 Å². The van der Waals surface area contributed by atoms with Crippen molar-refractivity contribution in [2.75, 3.05) is 69.7 Å². The molecule has 3 N–H and O–H groups in total. The number of aromatic nitrogens is 2. The van der Waals surface area contributed by atoms with Crippen molar-refractivity contribution in [3.63, 3.8) is 0 Å². The normalized spacial score (nSPS) is 25.4. The number of rotatable bonds is 3. The molecule has 1 aromatic rings. The first-order chi connectivity index (χ1) is 12.3. The van der Waals surface area contributed by atoms with E-state index in [0.717, 1.165) is 76.8 Å². The van der Waals surface area contributed by atoms with Crippen molar-refractivity contribution in [3.8, 4) is 0 Å². The van der Waals surface area contributed by atoms with Crippen LogP contribution in [-0.2, 0) is 17.6 Å². The number of anilines is 2. The van der Waals surface area contributed by atoms with Crippen LogP contribution in [0.1, 0.15) is 24.1 Å². The van der Waals surface area contributed by atoms with E-state index < -0.39 is 0 Å². The third kappa shape index (κ3) is 4.04. The number of hydrogen-bond donors (Lipinski definition) is 2. The number of nitrogen functional groups attached to an aromatic ring is 1. The van der Waals surface area contributed by atoms with E-state index in [1.54, 1.807) is 0 Å². The number of hydrogen-bond acceptors (Lipinski definition) is 7. The van der Waals surface area contributed by atoms with Crippen LogP contribution >= 0.6 is 0 Å². The van der Waals surface area contributed by atoms with Crippen LogP contribution in [0.3, 0.4) is 0 Å². The topological polar surface area (TPSA) is 79.5 Å². The number of nitrogens with zero attached hydrogens (tertiary/aromatic N) is 4. The molecule has 138 valence electrons. The van der Waals surface area contributed by atoms with Crippen molar-refractivity contribution in [1.29, 1.82) is 0 Å². The van der Waals surface area contributed by atoms with Gasteiger partial charge in [0.05, 0.1) is 18.9 Å². The van der Waals surface area contributed by atoms with Crippen molar-refractivity contribution in [1.82, 2.24) is 20.2 Å². The zero-order chi connectivity index (χ0) is 17.1. The summed E-state index contributed by atoms with van der Waals surface area (Å²) in [5, 5.41) is 3.46. The van der Waals surface area contributed by atoms with E-state index in [-0.39, 0.29) is 0 Å². The Hall–Kier alpha value is -1.44. The minimum atomic E-state index is 0.422. The third-order valence-corrected chi connectivity index (χ3v) is 5.62. The van der Waals surface area contributed by atoms with Gasteiger partial charge in [0, 0.05) is 51.3 Å². The molecule has 4 heterocycles. The Balaban J connectivity index is 1.50. The highest BCUT2D eigenvalue weighted by Gasteiger charge is 2.27. The lowest BCUT2D eigenvalue weighted by Gasteiger charge is -2.38. The summed E-state index contributed by atoms with van der Waals surface area (Å²) >= 11 is 0. The zero-order valence-electron chi connectivity index (χ0n) is 15.0. The van der Waals surface area contributed by atoms with E-state index in [1.165, 1.54) is 24.9 Å². The van der Waals surface area contributed by atoms with Crippen molar-refractivity contribution < 1.29 is 4.74 Å². The molecule has 0 unspecified atom stereocenters. The maximum absolute atomic E-state index is 6.03. The van der Waals surface area contributed by atoms with Gasteiger partial charge in [-0.3, -0.25) is 4.90 Å². The molecule has 7 nitrogen and oxygen atoms in total. The van der Waals surface area contributed by atoms with Gasteiger partial charge in [0.25, 0.3) is 0 Å². The highest BCUT2D eigenvalue weighted by Crippen LogP contribution is 2.28. The van der Waals surface area contributed by atoms with Gasteiger partial charge >= 0.3 is 0 Å². The second-order valence-electron chi connectivity index (χ2n) is 7.45. The van der Waals surface area contributed by atoms with Crippen LogP contribution in [0.25, 0.3) is 0 Å². The maximum Gasteiger partial charge on any atom is 0.222 e.